The summed E-state index contributed by atoms with van der Waals surface area (Å²) in [5.74, 6) is 0. The van der Waals surface area contributed by atoms with Gasteiger partial charge in [0.1, 0.15) is 0 Å². The fraction of sp³-hybridized carbons (Fsp3) is 0.636. The second kappa shape index (κ2) is 5.58. The largest absolute Gasteiger partial charge is 0.0980 e. The lowest BCUT2D eigenvalue weighted by Gasteiger charge is -2.26. The van der Waals surface area contributed by atoms with E-state index in [9.17, 15) is 0 Å². The number of halogens is 1. The lowest BCUT2D eigenvalue weighted by Crippen LogP contribution is -2.14. The molecular weight excluding hydrogens is 212 g/mol. The summed E-state index contributed by atoms with van der Waals surface area (Å²) in [5.41, 5.74) is 0.368. The summed E-state index contributed by atoms with van der Waals surface area (Å²) < 4.78 is 1.12. The van der Waals surface area contributed by atoms with Crippen molar-refractivity contribution in [3.05, 3.63) is 23.2 Å². The maximum Gasteiger partial charge on any atom is 0.0135 e. The highest BCUT2D eigenvalue weighted by Gasteiger charge is 2.20. The Labute approximate surface area is 84.9 Å². The van der Waals surface area contributed by atoms with Gasteiger partial charge in [0, 0.05) is 4.48 Å². The fourth-order valence-electron chi connectivity index (χ4n) is 1.41. The molecule has 0 nitrogen and oxygen atoms in total. The highest BCUT2D eigenvalue weighted by molar-refractivity contribution is 9.11. The molecule has 0 N–H and O–H groups in total. The average Bonchev–Trinajstić information content (AvgIpc) is 2.14. The normalized spacial score (nSPS) is 13.2. The summed E-state index contributed by atoms with van der Waals surface area (Å²) in [4.78, 5) is 0. The third kappa shape index (κ3) is 3.14. The van der Waals surface area contributed by atoms with Crippen LogP contribution in [0.25, 0.3) is 0 Å². The van der Waals surface area contributed by atoms with E-state index >= 15 is 0 Å². The van der Waals surface area contributed by atoms with Crippen LogP contribution in [0.5, 0.6) is 0 Å². The minimum absolute atomic E-state index is 0.368. The Balaban J connectivity index is 4.60. The molecular formula is C11H19Br. The van der Waals surface area contributed by atoms with Crippen LogP contribution in [-0.2, 0) is 0 Å². The van der Waals surface area contributed by atoms with E-state index in [1.165, 1.54) is 19.3 Å². The van der Waals surface area contributed by atoms with Gasteiger partial charge >= 0.3 is 0 Å². The van der Waals surface area contributed by atoms with Gasteiger partial charge in [-0.3, -0.25) is 0 Å². The van der Waals surface area contributed by atoms with Crippen LogP contribution in [-0.4, -0.2) is 0 Å². The molecule has 0 radical (unpaired) electrons. The van der Waals surface area contributed by atoms with Gasteiger partial charge in [0.05, 0.1) is 0 Å². The van der Waals surface area contributed by atoms with Crippen molar-refractivity contribution in [1.29, 1.82) is 0 Å². The van der Waals surface area contributed by atoms with Gasteiger partial charge in [0.15, 0.2) is 0 Å². The molecule has 0 aromatic rings. The van der Waals surface area contributed by atoms with Gasteiger partial charge in [-0.15, -0.1) is 0 Å². The SMILES string of the molecule is C=C/C(Br)=C/C(CC)(CC)CC. The van der Waals surface area contributed by atoms with Crippen LogP contribution < -0.4 is 0 Å². The van der Waals surface area contributed by atoms with E-state index < -0.39 is 0 Å². The Morgan fingerprint density at radius 2 is 1.67 bits per heavy atom. The molecule has 0 spiro atoms. The lowest BCUT2D eigenvalue weighted by atomic mass is 9.79. The summed E-state index contributed by atoms with van der Waals surface area (Å²) in [7, 11) is 0. The summed E-state index contributed by atoms with van der Waals surface area (Å²) in [6.45, 7) is 10.5. The van der Waals surface area contributed by atoms with Crippen molar-refractivity contribution in [2.75, 3.05) is 0 Å². The maximum atomic E-state index is 3.73. The van der Waals surface area contributed by atoms with Crippen LogP contribution in [0.3, 0.4) is 0 Å². The summed E-state index contributed by atoms with van der Waals surface area (Å²) in [5, 5.41) is 0. The molecule has 0 rings (SSSR count). The zero-order chi connectivity index (χ0) is 9.61. The van der Waals surface area contributed by atoms with E-state index in [1.807, 2.05) is 6.08 Å². The van der Waals surface area contributed by atoms with Crippen molar-refractivity contribution < 1.29 is 0 Å². The molecule has 0 aliphatic carbocycles. The predicted octanol–water partition coefficient (Wildman–Crippen LogP) is 4.67. The molecule has 1 heteroatoms. The third-order valence-corrected chi connectivity index (χ3v) is 3.30. The van der Waals surface area contributed by atoms with Gasteiger partial charge in [-0.1, -0.05) is 55.4 Å². The zero-order valence-corrected chi connectivity index (χ0v) is 9.95. The van der Waals surface area contributed by atoms with Gasteiger partial charge in [0.2, 0.25) is 0 Å². The fourth-order valence-corrected chi connectivity index (χ4v) is 1.89. The predicted molar refractivity (Wildman–Crippen MR) is 60.5 cm³/mol. The Bertz CT molecular complexity index is 156. The highest BCUT2D eigenvalue weighted by atomic mass is 79.9. The van der Waals surface area contributed by atoms with Crippen LogP contribution in [0.1, 0.15) is 40.0 Å². The topological polar surface area (TPSA) is 0 Å². The van der Waals surface area contributed by atoms with E-state index in [1.54, 1.807) is 0 Å². The Hall–Kier alpha value is -0.0400. The molecule has 0 atom stereocenters. The van der Waals surface area contributed by atoms with Gasteiger partial charge in [-0.2, -0.15) is 0 Å². The molecule has 0 aliphatic heterocycles. The number of allylic oxidation sites excluding steroid dienone is 3. The van der Waals surface area contributed by atoms with Crippen molar-refractivity contribution >= 4 is 15.9 Å². The zero-order valence-electron chi connectivity index (χ0n) is 8.36. The van der Waals surface area contributed by atoms with Crippen LogP contribution in [0.4, 0.5) is 0 Å². The summed E-state index contributed by atoms with van der Waals surface area (Å²) >= 11 is 3.48. The van der Waals surface area contributed by atoms with E-state index in [0.717, 1.165) is 4.48 Å². The van der Waals surface area contributed by atoms with Crippen molar-refractivity contribution in [2.45, 2.75) is 40.0 Å². The first-order valence-corrected chi connectivity index (χ1v) is 5.44. The van der Waals surface area contributed by atoms with Crippen LogP contribution in [0, 0.1) is 5.41 Å². The Morgan fingerprint density at radius 1 is 1.25 bits per heavy atom. The van der Waals surface area contributed by atoms with Gasteiger partial charge < -0.3 is 0 Å². The molecule has 0 heterocycles. The molecule has 0 saturated heterocycles. The molecule has 0 saturated carbocycles. The molecule has 70 valence electrons. The highest BCUT2D eigenvalue weighted by Crippen LogP contribution is 2.34. The minimum atomic E-state index is 0.368. The maximum absolute atomic E-state index is 3.73. The molecule has 0 amide bonds. The molecule has 0 aliphatic rings. The van der Waals surface area contributed by atoms with Crippen molar-refractivity contribution in [3.63, 3.8) is 0 Å². The first-order chi connectivity index (χ1) is 5.64. The average molecular weight is 231 g/mol. The van der Waals surface area contributed by atoms with E-state index in [0.29, 0.717) is 5.41 Å². The second-order valence-corrected chi connectivity index (χ2v) is 4.07. The Kier molecular flexibility index (Phi) is 5.56. The molecule has 0 unspecified atom stereocenters. The molecule has 0 aromatic heterocycles. The van der Waals surface area contributed by atoms with Gasteiger partial charge in [-0.25, -0.2) is 0 Å². The monoisotopic (exact) mass is 230 g/mol. The number of hydrogen-bond acceptors (Lipinski definition) is 0. The summed E-state index contributed by atoms with van der Waals surface area (Å²) in [6.07, 6.45) is 7.74. The smallest absolute Gasteiger partial charge is 0.0135 e. The van der Waals surface area contributed by atoms with Crippen molar-refractivity contribution in [3.8, 4) is 0 Å². The quantitative estimate of drug-likeness (QED) is 0.603. The van der Waals surface area contributed by atoms with Crippen LogP contribution in [0.2, 0.25) is 0 Å². The van der Waals surface area contributed by atoms with Gasteiger partial charge in [-0.05, 0) is 24.7 Å². The second-order valence-electron chi connectivity index (χ2n) is 3.16. The number of rotatable bonds is 5. The molecule has 0 bridgehead atoms. The number of hydrogen-bond donors (Lipinski definition) is 0. The Morgan fingerprint density at radius 3 is 1.92 bits per heavy atom. The lowest BCUT2D eigenvalue weighted by molar-refractivity contribution is 0.339. The molecule has 0 fully saturated rings. The van der Waals surface area contributed by atoms with E-state index in [4.69, 9.17) is 0 Å². The van der Waals surface area contributed by atoms with Crippen molar-refractivity contribution in [1.82, 2.24) is 0 Å². The first-order valence-electron chi connectivity index (χ1n) is 4.65. The summed E-state index contributed by atoms with van der Waals surface area (Å²) in [6, 6.07) is 0. The minimum Gasteiger partial charge on any atom is -0.0980 e. The van der Waals surface area contributed by atoms with E-state index in [-0.39, 0.29) is 0 Å². The van der Waals surface area contributed by atoms with Crippen molar-refractivity contribution in [2.24, 2.45) is 5.41 Å². The molecule has 0 aromatic carbocycles. The van der Waals surface area contributed by atoms with Crippen LogP contribution >= 0.6 is 15.9 Å². The third-order valence-electron chi connectivity index (χ3n) is 2.75. The van der Waals surface area contributed by atoms with Crippen LogP contribution in [0.15, 0.2) is 23.2 Å². The molecule has 12 heavy (non-hydrogen) atoms. The van der Waals surface area contributed by atoms with E-state index in [2.05, 4.69) is 49.4 Å². The standard InChI is InChI=1S/C11H19Br/c1-5-10(12)9-11(6-2,7-3)8-4/h5,9H,1,6-8H2,2-4H3/b10-9-. The van der Waals surface area contributed by atoms with Gasteiger partial charge in [0.25, 0.3) is 0 Å². The first kappa shape index (κ1) is 12.0.